The molecule has 0 aromatic carbocycles. The fraction of sp³-hybridized carbons (Fsp3) is 0.769. The summed E-state index contributed by atoms with van der Waals surface area (Å²) < 4.78 is 7.03. The Kier molecular flexibility index (Phi) is 4.01. The average Bonchev–Trinajstić information content (AvgIpc) is 2.88. The molecule has 2 heterocycles. The van der Waals surface area contributed by atoms with Crippen molar-refractivity contribution in [1.82, 2.24) is 19.7 Å². The number of hydrogen-bond donors (Lipinski definition) is 0. The lowest BCUT2D eigenvalue weighted by atomic mass is 9.95. The minimum atomic E-state index is -0.580. The van der Waals surface area contributed by atoms with Crippen molar-refractivity contribution < 1.29 is 9.53 Å². The van der Waals surface area contributed by atoms with Crippen LogP contribution in [0.3, 0.4) is 0 Å². The average molecular weight is 266 g/mol. The van der Waals surface area contributed by atoms with Gasteiger partial charge in [0.1, 0.15) is 6.33 Å². The zero-order valence-electron chi connectivity index (χ0n) is 12.1. The van der Waals surface area contributed by atoms with Crippen LogP contribution in [0.1, 0.15) is 44.4 Å². The molecule has 0 spiro atoms. The summed E-state index contributed by atoms with van der Waals surface area (Å²) in [6.07, 6.45) is 1.45. The van der Waals surface area contributed by atoms with Crippen LogP contribution in [0.15, 0.2) is 6.33 Å². The first kappa shape index (κ1) is 14.1. The molecule has 0 N–H and O–H groups in total. The quantitative estimate of drug-likeness (QED) is 0.765. The summed E-state index contributed by atoms with van der Waals surface area (Å²) in [7, 11) is 0. The molecule has 0 atom stereocenters. The molecule has 1 aromatic rings. The number of ketones is 1. The van der Waals surface area contributed by atoms with Crippen molar-refractivity contribution in [3.8, 4) is 0 Å². The first-order valence-electron chi connectivity index (χ1n) is 6.71. The molecule has 1 saturated heterocycles. The molecule has 1 aliphatic heterocycles. The van der Waals surface area contributed by atoms with Crippen LogP contribution in [-0.4, -0.2) is 57.3 Å². The van der Waals surface area contributed by atoms with Crippen molar-refractivity contribution in [1.29, 1.82) is 0 Å². The molecule has 0 bridgehead atoms. The zero-order valence-corrected chi connectivity index (χ0v) is 12.1. The van der Waals surface area contributed by atoms with Gasteiger partial charge in [0.2, 0.25) is 5.78 Å². The minimum absolute atomic E-state index is 0.0144. The molecule has 106 valence electrons. The van der Waals surface area contributed by atoms with Gasteiger partial charge in [0.25, 0.3) is 0 Å². The highest BCUT2D eigenvalue weighted by molar-refractivity contribution is 5.99. The molecule has 1 fully saturated rings. The first-order chi connectivity index (χ1) is 8.94. The van der Waals surface area contributed by atoms with Gasteiger partial charge >= 0.3 is 0 Å². The fourth-order valence-electron chi connectivity index (χ4n) is 2.33. The summed E-state index contributed by atoms with van der Waals surface area (Å²) in [5.74, 6) is 0.451. The van der Waals surface area contributed by atoms with E-state index in [1.165, 1.54) is 6.33 Å². The number of Topliss-reactive ketones (excluding diaryl/α,β-unsaturated/α-hetero) is 1. The predicted molar refractivity (Wildman–Crippen MR) is 71.2 cm³/mol. The van der Waals surface area contributed by atoms with Crippen molar-refractivity contribution in [2.75, 3.05) is 26.3 Å². The van der Waals surface area contributed by atoms with Gasteiger partial charge in [-0.3, -0.25) is 9.69 Å². The van der Waals surface area contributed by atoms with Crippen LogP contribution in [0.25, 0.3) is 0 Å². The van der Waals surface area contributed by atoms with E-state index in [4.69, 9.17) is 4.74 Å². The van der Waals surface area contributed by atoms with Gasteiger partial charge in [-0.05, 0) is 27.7 Å². The Morgan fingerprint density at radius 2 is 2.00 bits per heavy atom. The molecular formula is C13H22N4O2. The number of ether oxygens (including phenoxy) is 1. The van der Waals surface area contributed by atoms with Gasteiger partial charge in [-0.1, -0.05) is 0 Å². The Labute approximate surface area is 113 Å². The number of carbonyl (C=O) groups excluding carboxylic acids is 1. The number of nitrogens with zero attached hydrogens (tertiary/aromatic N) is 4. The molecule has 6 nitrogen and oxygen atoms in total. The highest BCUT2D eigenvalue weighted by Crippen LogP contribution is 2.21. The maximum atomic E-state index is 12.7. The monoisotopic (exact) mass is 266 g/mol. The van der Waals surface area contributed by atoms with Gasteiger partial charge in [0.15, 0.2) is 5.82 Å². The van der Waals surface area contributed by atoms with Crippen LogP contribution >= 0.6 is 0 Å². The molecule has 0 radical (unpaired) electrons. The van der Waals surface area contributed by atoms with Gasteiger partial charge in [-0.15, -0.1) is 0 Å². The molecule has 1 aromatic heterocycles. The van der Waals surface area contributed by atoms with E-state index >= 15 is 0 Å². The molecular weight excluding hydrogens is 244 g/mol. The lowest BCUT2D eigenvalue weighted by Crippen LogP contribution is -2.55. The molecule has 0 unspecified atom stereocenters. The van der Waals surface area contributed by atoms with Crippen LogP contribution < -0.4 is 0 Å². The summed E-state index contributed by atoms with van der Waals surface area (Å²) in [5.41, 5.74) is -0.580. The van der Waals surface area contributed by atoms with Gasteiger partial charge in [-0.25, -0.2) is 9.67 Å². The van der Waals surface area contributed by atoms with Crippen molar-refractivity contribution in [3.63, 3.8) is 0 Å². The van der Waals surface area contributed by atoms with Crippen molar-refractivity contribution in [2.45, 2.75) is 39.3 Å². The van der Waals surface area contributed by atoms with E-state index < -0.39 is 5.54 Å². The van der Waals surface area contributed by atoms with E-state index in [9.17, 15) is 4.79 Å². The van der Waals surface area contributed by atoms with Crippen LogP contribution in [0.4, 0.5) is 0 Å². The lowest BCUT2D eigenvalue weighted by molar-refractivity contribution is -0.00490. The lowest BCUT2D eigenvalue weighted by Gasteiger charge is -2.39. The van der Waals surface area contributed by atoms with E-state index in [1.807, 2.05) is 27.7 Å². The van der Waals surface area contributed by atoms with Crippen molar-refractivity contribution in [2.24, 2.45) is 0 Å². The Bertz CT molecular complexity index is 447. The number of carbonyl (C=O) groups is 1. The van der Waals surface area contributed by atoms with Crippen LogP contribution in [0.2, 0.25) is 0 Å². The van der Waals surface area contributed by atoms with Gasteiger partial charge < -0.3 is 4.74 Å². The van der Waals surface area contributed by atoms with E-state index in [-0.39, 0.29) is 11.8 Å². The Balaban J connectivity index is 2.24. The Hall–Kier alpha value is -1.27. The van der Waals surface area contributed by atoms with E-state index in [1.54, 1.807) is 4.68 Å². The third-order valence-electron chi connectivity index (χ3n) is 3.62. The van der Waals surface area contributed by atoms with Crippen LogP contribution in [0, 0.1) is 0 Å². The topological polar surface area (TPSA) is 60.2 Å². The molecule has 2 rings (SSSR count). The molecule has 1 aliphatic rings. The van der Waals surface area contributed by atoms with Crippen LogP contribution in [0.5, 0.6) is 0 Å². The second kappa shape index (κ2) is 5.38. The molecule has 19 heavy (non-hydrogen) atoms. The number of rotatable bonds is 4. The molecule has 0 saturated carbocycles. The number of morpholine rings is 1. The second-order valence-electron chi connectivity index (χ2n) is 5.61. The SMILES string of the molecule is CC(C)n1ncnc1C(=O)C(C)(C)N1CCOCC1. The second-order valence-corrected chi connectivity index (χ2v) is 5.61. The van der Waals surface area contributed by atoms with Gasteiger partial charge in [0.05, 0.1) is 18.8 Å². The standard InChI is InChI=1S/C13H22N4O2/c1-10(2)17-12(14-9-15-17)11(18)13(3,4)16-5-7-19-8-6-16/h9-10H,5-8H2,1-4H3. The highest BCUT2D eigenvalue weighted by Gasteiger charge is 2.38. The fourth-order valence-corrected chi connectivity index (χ4v) is 2.33. The normalized spacial score (nSPS) is 17.9. The highest BCUT2D eigenvalue weighted by atomic mass is 16.5. The summed E-state index contributed by atoms with van der Waals surface area (Å²) in [6, 6.07) is 0.127. The minimum Gasteiger partial charge on any atom is -0.379 e. The summed E-state index contributed by atoms with van der Waals surface area (Å²) in [5, 5.41) is 4.14. The van der Waals surface area contributed by atoms with E-state index in [2.05, 4.69) is 15.0 Å². The third kappa shape index (κ3) is 2.69. The van der Waals surface area contributed by atoms with Crippen LogP contribution in [-0.2, 0) is 4.74 Å². The van der Waals surface area contributed by atoms with Crippen molar-refractivity contribution >= 4 is 5.78 Å². The van der Waals surface area contributed by atoms with Crippen molar-refractivity contribution in [3.05, 3.63) is 12.2 Å². The summed E-state index contributed by atoms with van der Waals surface area (Å²) >= 11 is 0. The zero-order chi connectivity index (χ0) is 14.0. The van der Waals surface area contributed by atoms with E-state index in [0.717, 1.165) is 13.1 Å². The first-order valence-corrected chi connectivity index (χ1v) is 6.71. The third-order valence-corrected chi connectivity index (χ3v) is 3.62. The number of aromatic nitrogens is 3. The smallest absolute Gasteiger partial charge is 0.219 e. The summed E-state index contributed by atoms with van der Waals surface area (Å²) in [6.45, 7) is 10.8. The number of hydrogen-bond acceptors (Lipinski definition) is 5. The van der Waals surface area contributed by atoms with Gasteiger partial charge in [0, 0.05) is 19.1 Å². The maximum Gasteiger partial charge on any atom is 0.219 e. The van der Waals surface area contributed by atoms with E-state index in [0.29, 0.717) is 19.0 Å². The predicted octanol–water partition coefficient (Wildman–Crippen LogP) is 1.15. The van der Waals surface area contributed by atoms with Gasteiger partial charge in [-0.2, -0.15) is 5.10 Å². The Morgan fingerprint density at radius 3 is 2.58 bits per heavy atom. The molecule has 0 aliphatic carbocycles. The maximum absolute atomic E-state index is 12.7. The Morgan fingerprint density at radius 1 is 1.37 bits per heavy atom. The largest absolute Gasteiger partial charge is 0.379 e. The molecule has 6 heteroatoms. The summed E-state index contributed by atoms with van der Waals surface area (Å²) in [4.78, 5) is 19.0. The molecule has 0 amide bonds.